The van der Waals surface area contributed by atoms with Crippen molar-refractivity contribution >= 4 is 5.91 Å². The van der Waals surface area contributed by atoms with Crippen molar-refractivity contribution in [2.75, 3.05) is 13.2 Å². The zero-order chi connectivity index (χ0) is 15.4. The van der Waals surface area contributed by atoms with Crippen LogP contribution in [-0.4, -0.2) is 30.2 Å². The van der Waals surface area contributed by atoms with Crippen LogP contribution in [0.25, 0.3) is 0 Å². The van der Waals surface area contributed by atoms with Crippen LogP contribution in [0, 0.1) is 0 Å². The van der Waals surface area contributed by atoms with Crippen LogP contribution in [0.4, 0.5) is 0 Å². The largest absolute Gasteiger partial charge is 0.484 e. The quantitative estimate of drug-likeness (QED) is 0.871. The number of nitrogens with zero attached hydrogens (tertiary/aromatic N) is 1. The Morgan fingerprint density at radius 1 is 1.14 bits per heavy atom. The number of hydrogen-bond acceptors (Lipinski definition) is 3. The molecule has 0 spiro atoms. The highest BCUT2D eigenvalue weighted by Crippen LogP contribution is 2.28. The molecule has 1 amide bonds. The summed E-state index contributed by atoms with van der Waals surface area (Å²) in [6.07, 6.45) is -0.311. The van der Waals surface area contributed by atoms with Crippen molar-refractivity contribution in [2.24, 2.45) is 0 Å². The molecule has 1 saturated heterocycles. The Morgan fingerprint density at radius 2 is 1.77 bits per heavy atom. The number of amides is 1. The van der Waals surface area contributed by atoms with Gasteiger partial charge in [-0.15, -0.1) is 0 Å². The first-order valence-electron chi connectivity index (χ1n) is 7.42. The highest BCUT2D eigenvalue weighted by atomic mass is 16.5. The summed E-state index contributed by atoms with van der Waals surface area (Å²) in [7, 11) is 0. The number of carbonyl (C=O) groups is 1. The fourth-order valence-electron chi connectivity index (χ4n) is 2.58. The molecule has 1 aliphatic rings. The topological polar surface area (TPSA) is 38.8 Å². The number of benzene rings is 2. The van der Waals surface area contributed by atoms with Gasteiger partial charge < -0.3 is 14.4 Å². The number of hydrogen-bond donors (Lipinski definition) is 0. The van der Waals surface area contributed by atoms with Crippen LogP contribution >= 0.6 is 0 Å². The molecule has 2 atom stereocenters. The van der Waals surface area contributed by atoms with E-state index in [0.717, 1.165) is 5.56 Å². The number of ether oxygens (including phenoxy) is 2. The maximum absolute atomic E-state index is 12.3. The maximum atomic E-state index is 12.3. The number of para-hydroxylation sites is 1. The van der Waals surface area contributed by atoms with Crippen LogP contribution in [0.1, 0.15) is 18.6 Å². The Kier molecular flexibility index (Phi) is 4.39. The molecule has 0 N–H and O–H groups in total. The van der Waals surface area contributed by atoms with Gasteiger partial charge in [0.15, 0.2) is 6.61 Å². The van der Waals surface area contributed by atoms with E-state index in [1.165, 1.54) is 0 Å². The summed E-state index contributed by atoms with van der Waals surface area (Å²) in [5.41, 5.74) is 1.09. The van der Waals surface area contributed by atoms with Crippen molar-refractivity contribution in [2.45, 2.75) is 19.3 Å². The fourth-order valence-corrected chi connectivity index (χ4v) is 2.58. The van der Waals surface area contributed by atoms with Gasteiger partial charge in [-0.05, 0) is 24.6 Å². The van der Waals surface area contributed by atoms with E-state index in [0.29, 0.717) is 12.3 Å². The zero-order valence-electron chi connectivity index (χ0n) is 12.5. The van der Waals surface area contributed by atoms with E-state index in [4.69, 9.17) is 9.47 Å². The van der Waals surface area contributed by atoms with E-state index in [9.17, 15) is 4.79 Å². The van der Waals surface area contributed by atoms with Crippen molar-refractivity contribution in [3.63, 3.8) is 0 Å². The lowest BCUT2D eigenvalue weighted by atomic mass is 10.1. The van der Waals surface area contributed by atoms with Gasteiger partial charge in [0.25, 0.3) is 5.91 Å². The van der Waals surface area contributed by atoms with Gasteiger partial charge >= 0.3 is 0 Å². The van der Waals surface area contributed by atoms with Crippen molar-refractivity contribution in [3.8, 4) is 5.75 Å². The predicted molar refractivity (Wildman–Crippen MR) is 83.4 cm³/mol. The lowest BCUT2D eigenvalue weighted by molar-refractivity contribution is -0.137. The van der Waals surface area contributed by atoms with Crippen molar-refractivity contribution < 1.29 is 14.3 Å². The molecule has 2 aromatic rings. The van der Waals surface area contributed by atoms with Gasteiger partial charge in [-0.2, -0.15) is 0 Å². The molecule has 22 heavy (non-hydrogen) atoms. The Morgan fingerprint density at radius 3 is 2.45 bits per heavy atom. The summed E-state index contributed by atoms with van der Waals surface area (Å²) in [6.45, 7) is 2.48. The van der Waals surface area contributed by atoms with Gasteiger partial charge in [-0.3, -0.25) is 4.79 Å². The second-order valence-corrected chi connectivity index (χ2v) is 5.28. The minimum atomic E-state index is -0.239. The summed E-state index contributed by atoms with van der Waals surface area (Å²) < 4.78 is 11.4. The van der Waals surface area contributed by atoms with Crippen LogP contribution in [-0.2, 0) is 9.53 Å². The van der Waals surface area contributed by atoms with E-state index in [1.54, 1.807) is 4.90 Å². The standard InChI is InChI=1S/C18H19NO3/c1-14-19(12-17(22-14)15-8-4-2-5-9-15)18(20)13-21-16-10-6-3-7-11-16/h2-11,14,17H,12-13H2,1H3. The lowest BCUT2D eigenvalue weighted by Gasteiger charge is -2.19. The van der Waals surface area contributed by atoms with Crippen molar-refractivity contribution in [1.29, 1.82) is 0 Å². The molecule has 1 heterocycles. The number of rotatable bonds is 4. The summed E-state index contributed by atoms with van der Waals surface area (Å²) in [5.74, 6) is 0.637. The van der Waals surface area contributed by atoms with E-state index >= 15 is 0 Å². The molecule has 2 aromatic carbocycles. The molecule has 4 nitrogen and oxygen atoms in total. The zero-order valence-corrected chi connectivity index (χ0v) is 12.5. The van der Waals surface area contributed by atoms with Gasteiger partial charge in [0.1, 0.15) is 18.1 Å². The van der Waals surface area contributed by atoms with Crippen LogP contribution in [0.15, 0.2) is 60.7 Å². The third-order valence-electron chi connectivity index (χ3n) is 3.76. The molecule has 1 fully saturated rings. The summed E-state index contributed by atoms with van der Waals surface area (Å²) in [6, 6.07) is 19.3. The van der Waals surface area contributed by atoms with Crippen LogP contribution < -0.4 is 4.74 Å². The minimum absolute atomic E-state index is 0.0270. The highest BCUT2D eigenvalue weighted by Gasteiger charge is 2.33. The Balaban J connectivity index is 1.59. The van der Waals surface area contributed by atoms with Gasteiger partial charge in [0.05, 0.1) is 6.54 Å². The van der Waals surface area contributed by atoms with Gasteiger partial charge in [-0.25, -0.2) is 0 Å². The smallest absolute Gasteiger partial charge is 0.262 e. The Labute approximate surface area is 130 Å². The molecule has 0 radical (unpaired) electrons. The molecule has 2 unspecified atom stereocenters. The third kappa shape index (κ3) is 3.28. The molecule has 0 bridgehead atoms. The highest BCUT2D eigenvalue weighted by molar-refractivity contribution is 5.78. The summed E-state index contributed by atoms with van der Waals surface area (Å²) in [4.78, 5) is 14.0. The van der Waals surface area contributed by atoms with E-state index in [-0.39, 0.29) is 24.8 Å². The first-order valence-corrected chi connectivity index (χ1v) is 7.42. The molecular formula is C18H19NO3. The predicted octanol–water partition coefficient (Wildman–Crippen LogP) is 3.01. The summed E-state index contributed by atoms with van der Waals surface area (Å²) in [5, 5.41) is 0. The second-order valence-electron chi connectivity index (χ2n) is 5.28. The van der Waals surface area contributed by atoms with Crippen LogP contribution in [0.2, 0.25) is 0 Å². The average Bonchev–Trinajstić information content (AvgIpc) is 2.96. The average molecular weight is 297 g/mol. The molecule has 0 aromatic heterocycles. The Bertz CT molecular complexity index is 615. The molecule has 114 valence electrons. The molecular weight excluding hydrogens is 278 g/mol. The Hall–Kier alpha value is -2.33. The first-order chi connectivity index (χ1) is 10.7. The normalized spacial score (nSPS) is 20.9. The lowest BCUT2D eigenvalue weighted by Crippen LogP contribution is -2.37. The molecule has 0 aliphatic carbocycles. The van der Waals surface area contributed by atoms with E-state index < -0.39 is 0 Å². The molecule has 4 heteroatoms. The monoisotopic (exact) mass is 297 g/mol. The molecule has 1 aliphatic heterocycles. The molecule has 0 saturated carbocycles. The number of carbonyl (C=O) groups excluding carboxylic acids is 1. The van der Waals surface area contributed by atoms with E-state index in [1.807, 2.05) is 67.6 Å². The van der Waals surface area contributed by atoms with Gasteiger partial charge in [-0.1, -0.05) is 48.5 Å². The first kappa shape index (κ1) is 14.6. The second kappa shape index (κ2) is 6.62. The molecule has 3 rings (SSSR count). The minimum Gasteiger partial charge on any atom is -0.484 e. The van der Waals surface area contributed by atoms with Crippen molar-refractivity contribution in [3.05, 3.63) is 66.2 Å². The SMILES string of the molecule is CC1OC(c2ccccc2)CN1C(=O)COc1ccccc1. The fraction of sp³-hybridized carbons (Fsp3) is 0.278. The van der Waals surface area contributed by atoms with Gasteiger partial charge in [0, 0.05) is 0 Å². The van der Waals surface area contributed by atoms with Gasteiger partial charge in [0.2, 0.25) is 0 Å². The maximum Gasteiger partial charge on any atom is 0.262 e. The summed E-state index contributed by atoms with van der Waals surface area (Å²) >= 11 is 0. The van der Waals surface area contributed by atoms with E-state index in [2.05, 4.69) is 0 Å². The third-order valence-corrected chi connectivity index (χ3v) is 3.76. The van der Waals surface area contributed by atoms with Crippen molar-refractivity contribution in [1.82, 2.24) is 4.90 Å². The van der Waals surface area contributed by atoms with Crippen LogP contribution in [0.3, 0.4) is 0 Å². The van der Waals surface area contributed by atoms with Crippen LogP contribution in [0.5, 0.6) is 5.75 Å².